The summed E-state index contributed by atoms with van der Waals surface area (Å²) < 4.78 is 13.4. The van der Waals surface area contributed by atoms with Crippen molar-refractivity contribution < 1.29 is 9.18 Å². The molecule has 0 bridgehead atoms. The number of H-pyrrole nitrogens is 1. The SMILES string of the molecule is O=C(Cc1ccc2ccccc2n1)Nc1n[nH]c(-c2ccc(F)cc2)c1-c1ccncc1. The molecule has 5 rings (SSSR count). The van der Waals surface area contributed by atoms with Gasteiger partial charge in [0.15, 0.2) is 5.82 Å². The Morgan fingerprint density at radius 3 is 2.50 bits per heavy atom. The average molecular weight is 423 g/mol. The van der Waals surface area contributed by atoms with Crippen molar-refractivity contribution in [3.8, 4) is 22.4 Å². The van der Waals surface area contributed by atoms with Gasteiger partial charge in [-0.05, 0) is 54.1 Å². The van der Waals surface area contributed by atoms with Crippen molar-refractivity contribution in [3.63, 3.8) is 0 Å². The number of fused-ring (bicyclic) bond motifs is 1. The van der Waals surface area contributed by atoms with Crippen LogP contribution >= 0.6 is 0 Å². The fourth-order valence-electron chi connectivity index (χ4n) is 3.60. The van der Waals surface area contributed by atoms with E-state index in [1.54, 1.807) is 24.5 Å². The Kier molecular flexibility index (Phi) is 5.13. The number of rotatable bonds is 5. The van der Waals surface area contributed by atoms with Gasteiger partial charge < -0.3 is 5.32 Å². The predicted molar refractivity (Wildman–Crippen MR) is 121 cm³/mol. The lowest BCUT2D eigenvalue weighted by atomic mass is 10.0. The maximum atomic E-state index is 13.4. The highest BCUT2D eigenvalue weighted by Crippen LogP contribution is 2.36. The van der Waals surface area contributed by atoms with E-state index >= 15 is 0 Å². The number of amides is 1. The fraction of sp³-hybridized carbons (Fsp3) is 0.0400. The second-order valence-electron chi connectivity index (χ2n) is 7.29. The molecule has 0 fully saturated rings. The summed E-state index contributed by atoms with van der Waals surface area (Å²) in [6, 6.07) is 21.3. The van der Waals surface area contributed by atoms with Crippen LogP contribution in [0.25, 0.3) is 33.3 Å². The van der Waals surface area contributed by atoms with Crippen molar-refractivity contribution in [1.29, 1.82) is 0 Å². The first kappa shape index (κ1) is 19.6. The van der Waals surface area contributed by atoms with Crippen LogP contribution in [0.2, 0.25) is 0 Å². The first-order valence-corrected chi connectivity index (χ1v) is 10.1. The lowest BCUT2D eigenvalue weighted by Gasteiger charge is -2.08. The number of anilines is 1. The third-order valence-electron chi connectivity index (χ3n) is 5.12. The molecule has 5 aromatic rings. The smallest absolute Gasteiger partial charge is 0.231 e. The number of carbonyl (C=O) groups excluding carboxylic acids is 1. The first-order valence-electron chi connectivity index (χ1n) is 10.1. The molecule has 2 N–H and O–H groups in total. The molecule has 32 heavy (non-hydrogen) atoms. The number of aromatic amines is 1. The summed E-state index contributed by atoms with van der Waals surface area (Å²) in [7, 11) is 0. The van der Waals surface area contributed by atoms with E-state index < -0.39 is 0 Å². The third kappa shape index (κ3) is 3.96. The fourth-order valence-corrected chi connectivity index (χ4v) is 3.60. The molecule has 2 aromatic carbocycles. The summed E-state index contributed by atoms with van der Waals surface area (Å²) in [5, 5.41) is 11.2. The van der Waals surface area contributed by atoms with Crippen molar-refractivity contribution in [3.05, 3.63) is 96.7 Å². The summed E-state index contributed by atoms with van der Waals surface area (Å²) >= 11 is 0. The molecule has 0 atom stereocenters. The molecule has 3 heterocycles. The van der Waals surface area contributed by atoms with Gasteiger partial charge in [0.1, 0.15) is 5.82 Å². The number of nitrogens with one attached hydrogen (secondary N) is 2. The van der Waals surface area contributed by atoms with Gasteiger partial charge in [0.25, 0.3) is 0 Å². The number of hydrogen-bond donors (Lipinski definition) is 2. The topological polar surface area (TPSA) is 83.6 Å². The largest absolute Gasteiger partial charge is 0.308 e. The van der Waals surface area contributed by atoms with Gasteiger partial charge in [0.05, 0.1) is 28.9 Å². The van der Waals surface area contributed by atoms with Gasteiger partial charge in [-0.3, -0.25) is 19.9 Å². The minimum Gasteiger partial charge on any atom is -0.308 e. The summed E-state index contributed by atoms with van der Waals surface area (Å²) in [5.74, 6) is -0.170. The average Bonchev–Trinajstić information content (AvgIpc) is 3.23. The number of benzene rings is 2. The molecule has 6 nitrogen and oxygen atoms in total. The van der Waals surface area contributed by atoms with E-state index in [2.05, 4.69) is 25.5 Å². The van der Waals surface area contributed by atoms with Gasteiger partial charge in [-0.15, -0.1) is 0 Å². The summed E-state index contributed by atoms with van der Waals surface area (Å²) in [6.07, 6.45) is 3.45. The normalized spacial score (nSPS) is 10.9. The Morgan fingerprint density at radius 2 is 1.69 bits per heavy atom. The molecule has 0 radical (unpaired) electrons. The standard InChI is InChI=1S/C25H18FN5O/c26-19-8-5-18(6-9-19)24-23(17-11-13-27-14-12-17)25(31-30-24)29-22(32)15-20-10-7-16-3-1-2-4-21(16)28-20/h1-14H,15H2,(H2,29,30,31,32). The van der Waals surface area contributed by atoms with E-state index in [0.717, 1.165) is 22.0 Å². The molecule has 1 amide bonds. The number of hydrogen-bond acceptors (Lipinski definition) is 4. The van der Waals surface area contributed by atoms with E-state index in [9.17, 15) is 9.18 Å². The molecule has 0 unspecified atom stereocenters. The molecular formula is C25H18FN5O. The van der Waals surface area contributed by atoms with Crippen LogP contribution < -0.4 is 5.32 Å². The maximum absolute atomic E-state index is 13.4. The van der Waals surface area contributed by atoms with Crippen molar-refractivity contribution >= 4 is 22.6 Å². The van der Waals surface area contributed by atoms with Crippen LogP contribution in [0.1, 0.15) is 5.69 Å². The van der Waals surface area contributed by atoms with E-state index in [0.29, 0.717) is 22.8 Å². The van der Waals surface area contributed by atoms with E-state index in [4.69, 9.17) is 0 Å². The highest BCUT2D eigenvalue weighted by Gasteiger charge is 2.19. The maximum Gasteiger partial charge on any atom is 0.231 e. The molecule has 0 spiro atoms. The molecule has 0 saturated carbocycles. The van der Waals surface area contributed by atoms with E-state index in [1.807, 2.05) is 48.5 Å². The van der Waals surface area contributed by atoms with Gasteiger partial charge in [-0.2, -0.15) is 5.10 Å². The molecule has 0 saturated heterocycles. The second-order valence-corrected chi connectivity index (χ2v) is 7.29. The molecule has 156 valence electrons. The number of aromatic nitrogens is 4. The van der Waals surface area contributed by atoms with Crippen LogP contribution in [0.5, 0.6) is 0 Å². The van der Waals surface area contributed by atoms with Crippen molar-refractivity contribution in [2.24, 2.45) is 0 Å². The highest BCUT2D eigenvalue weighted by atomic mass is 19.1. The number of pyridine rings is 2. The molecule has 0 aliphatic carbocycles. The minimum absolute atomic E-state index is 0.110. The molecule has 0 aliphatic rings. The van der Waals surface area contributed by atoms with Crippen LogP contribution in [-0.4, -0.2) is 26.1 Å². The van der Waals surface area contributed by atoms with Gasteiger partial charge in [0, 0.05) is 23.3 Å². The summed E-state index contributed by atoms with van der Waals surface area (Å²) in [5.41, 5.74) is 4.47. The number of para-hydroxylation sites is 1. The quantitative estimate of drug-likeness (QED) is 0.416. The van der Waals surface area contributed by atoms with Gasteiger partial charge in [-0.1, -0.05) is 24.3 Å². The Hall–Kier alpha value is -4.39. The summed E-state index contributed by atoms with van der Waals surface area (Å²) in [4.78, 5) is 21.5. The molecule has 0 aliphatic heterocycles. The first-order chi connectivity index (χ1) is 15.7. The molecule has 3 aromatic heterocycles. The molecular weight excluding hydrogens is 405 g/mol. The number of nitrogens with zero attached hydrogens (tertiary/aromatic N) is 3. The van der Waals surface area contributed by atoms with Crippen LogP contribution in [0.3, 0.4) is 0 Å². The van der Waals surface area contributed by atoms with E-state index in [-0.39, 0.29) is 18.1 Å². The van der Waals surface area contributed by atoms with Gasteiger partial charge in [-0.25, -0.2) is 4.39 Å². The lowest BCUT2D eigenvalue weighted by molar-refractivity contribution is -0.115. The minimum atomic E-state index is -0.324. The monoisotopic (exact) mass is 423 g/mol. The van der Waals surface area contributed by atoms with E-state index in [1.165, 1.54) is 12.1 Å². The third-order valence-corrected chi connectivity index (χ3v) is 5.12. The predicted octanol–water partition coefficient (Wildman–Crippen LogP) is 5.01. The Balaban J connectivity index is 1.46. The van der Waals surface area contributed by atoms with Crippen molar-refractivity contribution in [2.75, 3.05) is 5.32 Å². The highest BCUT2D eigenvalue weighted by molar-refractivity contribution is 5.98. The van der Waals surface area contributed by atoms with Crippen molar-refractivity contribution in [2.45, 2.75) is 6.42 Å². The Bertz CT molecular complexity index is 1400. The van der Waals surface area contributed by atoms with Crippen LogP contribution in [0, 0.1) is 5.82 Å². The van der Waals surface area contributed by atoms with Crippen LogP contribution in [-0.2, 0) is 11.2 Å². The van der Waals surface area contributed by atoms with Gasteiger partial charge in [0.2, 0.25) is 5.91 Å². The van der Waals surface area contributed by atoms with Crippen molar-refractivity contribution in [1.82, 2.24) is 20.2 Å². The zero-order valence-corrected chi connectivity index (χ0v) is 16.9. The van der Waals surface area contributed by atoms with Gasteiger partial charge >= 0.3 is 0 Å². The number of halogens is 1. The molecule has 7 heteroatoms. The zero-order valence-electron chi connectivity index (χ0n) is 16.9. The zero-order chi connectivity index (χ0) is 21.9. The Morgan fingerprint density at radius 1 is 0.906 bits per heavy atom. The Labute approximate surface area is 183 Å². The van der Waals surface area contributed by atoms with Crippen LogP contribution in [0.15, 0.2) is 85.2 Å². The second kappa shape index (κ2) is 8.39. The van der Waals surface area contributed by atoms with Crippen LogP contribution in [0.4, 0.5) is 10.2 Å². The summed E-state index contributed by atoms with van der Waals surface area (Å²) in [6.45, 7) is 0. The lowest BCUT2D eigenvalue weighted by Crippen LogP contribution is -2.16. The number of carbonyl (C=O) groups is 1.